The summed E-state index contributed by atoms with van der Waals surface area (Å²) in [5.41, 5.74) is 2.81. The van der Waals surface area contributed by atoms with Crippen molar-refractivity contribution in [3.8, 4) is 0 Å². The maximum absolute atomic E-state index is 13.2. The average molecular weight is 463 g/mol. The van der Waals surface area contributed by atoms with Crippen LogP contribution >= 0.6 is 11.6 Å². The Labute approximate surface area is 195 Å². The average Bonchev–Trinajstić information content (AvgIpc) is 3.32. The van der Waals surface area contributed by atoms with Gasteiger partial charge in [0.1, 0.15) is 5.82 Å². The predicted molar refractivity (Wildman–Crippen MR) is 125 cm³/mol. The summed E-state index contributed by atoms with van der Waals surface area (Å²) in [4.78, 5) is 29.6. The summed E-state index contributed by atoms with van der Waals surface area (Å²) in [5.74, 6) is -1.28. The number of carbonyl (C=O) groups is 2. The zero-order chi connectivity index (χ0) is 23.2. The largest absolute Gasteiger partial charge is 0.348 e. The molecule has 166 valence electrons. The molecule has 2 N–H and O–H groups in total. The van der Waals surface area contributed by atoms with Gasteiger partial charge in [0.25, 0.3) is 11.8 Å². The Kier molecular flexibility index (Phi) is 6.80. The second-order valence-corrected chi connectivity index (χ2v) is 7.77. The fourth-order valence-electron chi connectivity index (χ4n) is 3.35. The quantitative estimate of drug-likeness (QED) is 0.410. The number of imidazole rings is 1. The molecule has 0 bridgehead atoms. The molecule has 0 fully saturated rings. The molecule has 1 heterocycles. The second kappa shape index (κ2) is 10.1. The van der Waals surface area contributed by atoms with Crippen LogP contribution in [0.25, 0.3) is 0 Å². The van der Waals surface area contributed by atoms with Crippen molar-refractivity contribution in [1.29, 1.82) is 0 Å². The SMILES string of the molecule is O=C(Nc1cc(Cl)ccc1C(=O)NCc1ccccc1Cn1ccnc1)c1ccc(F)cc1. The van der Waals surface area contributed by atoms with E-state index in [9.17, 15) is 14.0 Å². The molecule has 2 amide bonds. The van der Waals surface area contributed by atoms with E-state index in [0.717, 1.165) is 11.1 Å². The van der Waals surface area contributed by atoms with E-state index in [-0.39, 0.29) is 22.7 Å². The highest BCUT2D eigenvalue weighted by atomic mass is 35.5. The van der Waals surface area contributed by atoms with Crippen LogP contribution in [0.1, 0.15) is 31.8 Å². The molecule has 6 nitrogen and oxygen atoms in total. The van der Waals surface area contributed by atoms with Gasteiger partial charge in [0.2, 0.25) is 0 Å². The molecule has 0 radical (unpaired) electrons. The number of hydrogen-bond donors (Lipinski definition) is 2. The van der Waals surface area contributed by atoms with Crippen molar-refractivity contribution in [3.63, 3.8) is 0 Å². The van der Waals surface area contributed by atoms with E-state index in [1.54, 1.807) is 24.7 Å². The molecule has 0 aliphatic heterocycles. The second-order valence-electron chi connectivity index (χ2n) is 7.34. The smallest absolute Gasteiger partial charge is 0.255 e. The molecular weight excluding hydrogens is 443 g/mol. The highest BCUT2D eigenvalue weighted by Gasteiger charge is 2.16. The first-order chi connectivity index (χ1) is 16.0. The zero-order valence-electron chi connectivity index (χ0n) is 17.5. The third kappa shape index (κ3) is 5.64. The number of aromatic nitrogens is 2. The van der Waals surface area contributed by atoms with Crippen molar-refractivity contribution in [2.24, 2.45) is 0 Å². The van der Waals surface area contributed by atoms with Crippen LogP contribution in [0, 0.1) is 5.82 Å². The van der Waals surface area contributed by atoms with Gasteiger partial charge in [-0.3, -0.25) is 9.59 Å². The molecule has 0 spiro atoms. The van der Waals surface area contributed by atoms with Crippen LogP contribution < -0.4 is 10.6 Å². The molecule has 8 heteroatoms. The lowest BCUT2D eigenvalue weighted by Gasteiger charge is -2.14. The fraction of sp³-hybridized carbons (Fsp3) is 0.0800. The first kappa shape index (κ1) is 22.2. The Morgan fingerprint density at radius 3 is 2.45 bits per heavy atom. The predicted octanol–water partition coefficient (Wildman–Crippen LogP) is 4.91. The Bertz CT molecular complexity index is 1270. The van der Waals surface area contributed by atoms with E-state index in [1.165, 1.54) is 30.3 Å². The lowest BCUT2D eigenvalue weighted by molar-refractivity contribution is 0.0951. The Balaban J connectivity index is 1.49. The summed E-state index contributed by atoms with van der Waals surface area (Å²) in [6.07, 6.45) is 5.32. The number of hydrogen-bond acceptors (Lipinski definition) is 3. The normalized spacial score (nSPS) is 10.6. The first-order valence-electron chi connectivity index (χ1n) is 10.2. The van der Waals surface area contributed by atoms with Gasteiger partial charge in [-0.15, -0.1) is 0 Å². The van der Waals surface area contributed by atoms with Gasteiger partial charge in [0.15, 0.2) is 0 Å². The van der Waals surface area contributed by atoms with Crippen molar-refractivity contribution in [2.75, 3.05) is 5.32 Å². The van der Waals surface area contributed by atoms with Gasteiger partial charge in [0, 0.05) is 36.1 Å². The Morgan fingerprint density at radius 2 is 1.73 bits per heavy atom. The maximum Gasteiger partial charge on any atom is 0.255 e. The van der Waals surface area contributed by atoms with E-state index >= 15 is 0 Å². The molecule has 33 heavy (non-hydrogen) atoms. The van der Waals surface area contributed by atoms with E-state index in [4.69, 9.17) is 11.6 Å². The minimum atomic E-state index is -0.475. The summed E-state index contributed by atoms with van der Waals surface area (Å²) in [6, 6.07) is 17.6. The number of benzene rings is 3. The summed E-state index contributed by atoms with van der Waals surface area (Å²) in [6.45, 7) is 0.934. The van der Waals surface area contributed by atoms with Crippen LogP contribution in [0.4, 0.5) is 10.1 Å². The number of nitrogens with one attached hydrogen (secondary N) is 2. The molecule has 0 aliphatic carbocycles. The first-order valence-corrected chi connectivity index (χ1v) is 10.5. The Morgan fingerprint density at radius 1 is 0.970 bits per heavy atom. The zero-order valence-corrected chi connectivity index (χ0v) is 18.2. The molecule has 0 unspecified atom stereocenters. The standard InChI is InChI=1S/C25H20ClFN4O2/c26-20-7-10-22(23(13-20)30-24(32)17-5-8-21(27)9-6-17)25(33)29-14-18-3-1-2-4-19(18)15-31-12-11-28-16-31/h1-13,16H,14-15H2,(H,29,33)(H,30,32). The monoisotopic (exact) mass is 462 g/mol. The van der Waals surface area contributed by atoms with Gasteiger partial charge in [-0.1, -0.05) is 35.9 Å². The molecule has 0 saturated heterocycles. The minimum absolute atomic E-state index is 0.260. The molecule has 3 aromatic carbocycles. The molecule has 0 atom stereocenters. The van der Waals surface area contributed by atoms with Crippen LogP contribution in [0.3, 0.4) is 0 Å². The number of carbonyl (C=O) groups excluding carboxylic acids is 2. The van der Waals surface area contributed by atoms with Gasteiger partial charge in [-0.05, 0) is 53.6 Å². The van der Waals surface area contributed by atoms with Crippen molar-refractivity contribution >= 4 is 29.1 Å². The molecule has 4 rings (SSSR count). The number of anilines is 1. The van der Waals surface area contributed by atoms with Crippen LogP contribution in [0.5, 0.6) is 0 Å². The number of nitrogens with zero attached hydrogens (tertiary/aromatic N) is 2. The molecule has 0 saturated carbocycles. The van der Waals surface area contributed by atoms with Crippen LogP contribution in [0.15, 0.2) is 85.5 Å². The highest BCUT2D eigenvalue weighted by molar-refractivity contribution is 6.31. The number of halogens is 2. The number of amides is 2. The number of rotatable bonds is 7. The van der Waals surface area contributed by atoms with Crippen LogP contribution in [-0.4, -0.2) is 21.4 Å². The Hall–Kier alpha value is -3.97. The van der Waals surface area contributed by atoms with E-state index in [2.05, 4.69) is 15.6 Å². The summed E-state index contributed by atoms with van der Waals surface area (Å²) < 4.78 is 15.1. The van der Waals surface area contributed by atoms with Gasteiger partial charge < -0.3 is 15.2 Å². The molecule has 1 aromatic heterocycles. The maximum atomic E-state index is 13.2. The van der Waals surface area contributed by atoms with E-state index in [1.807, 2.05) is 35.0 Å². The third-order valence-corrected chi connectivity index (χ3v) is 5.29. The van der Waals surface area contributed by atoms with Gasteiger partial charge in [-0.2, -0.15) is 0 Å². The van der Waals surface area contributed by atoms with E-state index < -0.39 is 11.7 Å². The molecule has 0 aliphatic rings. The summed E-state index contributed by atoms with van der Waals surface area (Å²) in [7, 11) is 0. The van der Waals surface area contributed by atoms with Gasteiger partial charge in [-0.25, -0.2) is 9.37 Å². The lowest BCUT2D eigenvalue weighted by atomic mass is 10.1. The molecule has 4 aromatic rings. The third-order valence-electron chi connectivity index (χ3n) is 5.05. The van der Waals surface area contributed by atoms with Gasteiger partial charge >= 0.3 is 0 Å². The van der Waals surface area contributed by atoms with Crippen LogP contribution in [0.2, 0.25) is 5.02 Å². The van der Waals surface area contributed by atoms with Gasteiger partial charge in [0.05, 0.1) is 17.6 Å². The highest BCUT2D eigenvalue weighted by Crippen LogP contribution is 2.22. The summed E-state index contributed by atoms with van der Waals surface area (Å²) >= 11 is 6.09. The summed E-state index contributed by atoms with van der Waals surface area (Å²) in [5, 5.41) is 5.97. The van der Waals surface area contributed by atoms with Crippen molar-refractivity contribution < 1.29 is 14.0 Å². The topological polar surface area (TPSA) is 76.0 Å². The van der Waals surface area contributed by atoms with Crippen molar-refractivity contribution in [2.45, 2.75) is 13.1 Å². The van der Waals surface area contributed by atoms with Crippen LogP contribution in [-0.2, 0) is 13.1 Å². The fourth-order valence-corrected chi connectivity index (χ4v) is 3.52. The van der Waals surface area contributed by atoms with Crippen molar-refractivity contribution in [3.05, 3.63) is 119 Å². The molecular formula is C25H20ClFN4O2. The van der Waals surface area contributed by atoms with Crippen molar-refractivity contribution in [1.82, 2.24) is 14.9 Å². The van der Waals surface area contributed by atoms with E-state index in [0.29, 0.717) is 18.1 Å². The lowest BCUT2D eigenvalue weighted by Crippen LogP contribution is -2.25. The minimum Gasteiger partial charge on any atom is -0.348 e.